The number of aryl methyl sites for hydroxylation is 1. The molecule has 0 bridgehead atoms. The van der Waals surface area contributed by atoms with Crippen LogP contribution in [-0.4, -0.2) is 44.2 Å². The summed E-state index contributed by atoms with van der Waals surface area (Å²) < 4.78 is 27.3. The van der Waals surface area contributed by atoms with Gasteiger partial charge in [0.2, 0.25) is 15.9 Å². The van der Waals surface area contributed by atoms with Gasteiger partial charge < -0.3 is 4.90 Å². The maximum Gasteiger partial charge on any atom is 0.240 e. The van der Waals surface area contributed by atoms with Gasteiger partial charge in [0.15, 0.2) is 0 Å². The average molecular weight is 331 g/mol. The van der Waals surface area contributed by atoms with Crippen LogP contribution in [0.3, 0.4) is 0 Å². The van der Waals surface area contributed by atoms with Crippen molar-refractivity contribution in [2.75, 3.05) is 19.0 Å². The van der Waals surface area contributed by atoms with Gasteiger partial charge in [-0.3, -0.25) is 4.79 Å². The fourth-order valence-corrected chi connectivity index (χ4v) is 3.81. The molecule has 1 heterocycles. The van der Waals surface area contributed by atoms with E-state index >= 15 is 0 Å². The standard InChI is InChI=1S/C14H19ClN2O3S/c1-11-2-4-13(5-3-11)21(19,20)16-12-6-8-17(9-7-12)14(18)10-15/h2-5,12,16H,6-10H2,1H3. The van der Waals surface area contributed by atoms with Gasteiger partial charge in [-0.25, -0.2) is 13.1 Å². The van der Waals surface area contributed by atoms with Crippen molar-refractivity contribution in [2.24, 2.45) is 0 Å². The van der Waals surface area contributed by atoms with Gasteiger partial charge in [0.1, 0.15) is 5.88 Å². The Kier molecular flexibility index (Phi) is 5.24. The number of likely N-dealkylation sites (tertiary alicyclic amines) is 1. The highest BCUT2D eigenvalue weighted by molar-refractivity contribution is 7.89. The topological polar surface area (TPSA) is 66.5 Å². The first-order valence-electron chi connectivity index (χ1n) is 6.85. The Labute approximate surface area is 130 Å². The van der Waals surface area contributed by atoms with Crippen molar-refractivity contribution in [2.45, 2.75) is 30.7 Å². The molecule has 2 rings (SSSR count). The molecule has 21 heavy (non-hydrogen) atoms. The molecule has 0 aliphatic carbocycles. The quantitative estimate of drug-likeness (QED) is 0.851. The number of nitrogens with one attached hydrogen (secondary N) is 1. The van der Waals surface area contributed by atoms with E-state index in [4.69, 9.17) is 11.6 Å². The lowest BCUT2D eigenvalue weighted by molar-refractivity contribution is -0.129. The minimum atomic E-state index is -3.50. The van der Waals surface area contributed by atoms with E-state index in [0.29, 0.717) is 25.9 Å². The van der Waals surface area contributed by atoms with E-state index in [1.165, 1.54) is 0 Å². The average Bonchev–Trinajstić information content (AvgIpc) is 2.47. The fraction of sp³-hybridized carbons (Fsp3) is 0.500. The summed E-state index contributed by atoms with van der Waals surface area (Å²) in [6.07, 6.45) is 1.21. The predicted octanol–water partition coefficient (Wildman–Crippen LogP) is 1.50. The van der Waals surface area contributed by atoms with Crippen LogP contribution in [0.25, 0.3) is 0 Å². The molecule has 1 aliphatic rings. The van der Waals surface area contributed by atoms with E-state index in [1.54, 1.807) is 29.2 Å². The maximum atomic E-state index is 12.3. The molecule has 1 amide bonds. The number of halogens is 1. The normalized spacial score (nSPS) is 17.0. The molecule has 116 valence electrons. The van der Waals surface area contributed by atoms with Crippen molar-refractivity contribution in [3.05, 3.63) is 29.8 Å². The van der Waals surface area contributed by atoms with Crippen LogP contribution in [0.15, 0.2) is 29.2 Å². The number of hydrogen-bond donors (Lipinski definition) is 1. The SMILES string of the molecule is Cc1ccc(S(=O)(=O)NC2CCN(C(=O)CCl)CC2)cc1. The zero-order valence-electron chi connectivity index (χ0n) is 11.9. The van der Waals surface area contributed by atoms with Gasteiger partial charge in [0.25, 0.3) is 0 Å². The summed E-state index contributed by atoms with van der Waals surface area (Å²) in [5.41, 5.74) is 1.02. The second-order valence-corrected chi connectivity index (χ2v) is 7.20. The fourth-order valence-electron chi connectivity index (χ4n) is 2.34. The zero-order chi connectivity index (χ0) is 15.5. The molecule has 1 aliphatic heterocycles. The van der Waals surface area contributed by atoms with Gasteiger partial charge in [-0.2, -0.15) is 0 Å². The Morgan fingerprint density at radius 1 is 1.29 bits per heavy atom. The Balaban J connectivity index is 1.96. The third-order valence-electron chi connectivity index (χ3n) is 3.62. The monoisotopic (exact) mass is 330 g/mol. The van der Waals surface area contributed by atoms with E-state index in [-0.39, 0.29) is 22.7 Å². The lowest BCUT2D eigenvalue weighted by Crippen LogP contribution is -2.46. The van der Waals surface area contributed by atoms with Crippen LogP contribution in [0.4, 0.5) is 0 Å². The molecule has 1 saturated heterocycles. The number of hydrogen-bond acceptors (Lipinski definition) is 3. The van der Waals surface area contributed by atoms with Crippen LogP contribution in [0.5, 0.6) is 0 Å². The molecule has 0 radical (unpaired) electrons. The van der Waals surface area contributed by atoms with Gasteiger partial charge in [0, 0.05) is 19.1 Å². The Morgan fingerprint density at radius 2 is 1.86 bits per heavy atom. The summed E-state index contributed by atoms with van der Waals surface area (Å²) in [4.78, 5) is 13.4. The lowest BCUT2D eigenvalue weighted by atomic mass is 10.1. The minimum absolute atomic E-state index is 0.0280. The summed E-state index contributed by atoms with van der Waals surface area (Å²) in [5, 5.41) is 0. The van der Waals surface area contributed by atoms with Crippen molar-refractivity contribution in [1.29, 1.82) is 0 Å². The molecule has 1 aromatic carbocycles. The molecule has 7 heteroatoms. The van der Waals surface area contributed by atoms with E-state index in [9.17, 15) is 13.2 Å². The maximum absolute atomic E-state index is 12.3. The largest absolute Gasteiger partial charge is 0.342 e. The lowest BCUT2D eigenvalue weighted by Gasteiger charge is -2.31. The highest BCUT2D eigenvalue weighted by Crippen LogP contribution is 2.16. The molecule has 1 N–H and O–H groups in total. The molecule has 0 spiro atoms. The van der Waals surface area contributed by atoms with Crippen molar-refractivity contribution < 1.29 is 13.2 Å². The first kappa shape index (κ1) is 16.3. The number of rotatable bonds is 4. The van der Waals surface area contributed by atoms with E-state index in [0.717, 1.165) is 5.56 Å². The third-order valence-corrected chi connectivity index (χ3v) is 5.38. The number of amides is 1. The molecular weight excluding hydrogens is 312 g/mol. The predicted molar refractivity (Wildman–Crippen MR) is 81.8 cm³/mol. The van der Waals surface area contributed by atoms with Crippen molar-refractivity contribution in [3.63, 3.8) is 0 Å². The van der Waals surface area contributed by atoms with Crippen LogP contribution in [-0.2, 0) is 14.8 Å². The molecule has 0 unspecified atom stereocenters. The van der Waals surface area contributed by atoms with E-state index < -0.39 is 10.0 Å². The number of sulfonamides is 1. The van der Waals surface area contributed by atoms with E-state index in [1.807, 2.05) is 6.92 Å². The highest BCUT2D eigenvalue weighted by Gasteiger charge is 2.26. The Morgan fingerprint density at radius 3 is 2.38 bits per heavy atom. The van der Waals surface area contributed by atoms with Crippen LogP contribution >= 0.6 is 11.6 Å². The van der Waals surface area contributed by atoms with Crippen LogP contribution < -0.4 is 4.72 Å². The van der Waals surface area contributed by atoms with Gasteiger partial charge >= 0.3 is 0 Å². The van der Waals surface area contributed by atoms with E-state index in [2.05, 4.69) is 4.72 Å². The third kappa shape index (κ3) is 4.18. The first-order valence-corrected chi connectivity index (χ1v) is 8.87. The number of alkyl halides is 1. The second-order valence-electron chi connectivity index (χ2n) is 5.22. The second kappa shape index (κ2) is 6.77. The Hall–Kier alpha value is -1.11. The van der Waals surface area contributed by atoms with Gasteiger partial charge in [-0.15, -0.1) is 11.6 Å². The number of nitrogens with zero attached hydrogens (tertiary/aromatic N) is 1. The number of carbonyl (C=O) groups excluding carboxylic acids is 1. The van der Waals surface area contributed by atoms with Crippen molar-refractivity contribution in [1.82, 2.24) is 9.62 Å². The number of carbonyl (C=O) groups is 1. The summed E-state index contributed by atoms with van der Waals surface area (Å²) in [5.74, 6) is -0.128. The van der Waals surface area contributed by atoms with Gasteiger partial charge in [-0.05, 0) is 31.9 Å². The molecule has 1 aromatic rings. The van der Waals surface area contributed by atoms with Crippen molar-refractivity contribution >= 4 is 27.5 Å². The number of piperidine rings is 1. The zero-order valence-corrected chi connectivity index (χ0v) is 13.5. The smallest absolute Gasteiger partial charge is 0.240 e. The molecule has 0 atom stereocenters. The first-order chi connectivity index (χ1) is 9.92. The molecule has 0 aromatic heterocycles. The molecule has 0 saturated carbocycles. The van der Waals surface area contributed by atoms with Crippen LogP contribution in [0.1, 0.15) is 18.4 Å². The van der Waals surface area contributed by atoms with Gasteiger partial charge in [0.05, 0.1) is 4.90 Å². The summed E-state index contributed by atoms with van der Waals surface area (Å²) in [7, 11) is -3.50. The molecule has 5 nitrogen and oxygen atoms in total. The highest BCUT2D eigenvalue weighted by atomic mass is 35.5. The minimum Gasteiger partial charge on any atom is -0.342 e. The summed E-state index contributed by atoms with van der Waals surface area (Å²) >= 11 is 5.52. The molecule has 1 fully saturated rings. The molecular formula is C14H19ClN2O3S. The van der Waals surface area contributed by atoms with Crippen LogP contribution in [0.2, 0.25) is 0 Å². The van der Waals surface area contributed by atoms with Crippen molar-refractivity contribution in [3.8, 4) is 0 Å². The van der Waals surface area contributed by atoms with Gasteiger partial charge in [-0.1, -0.05) is 17.7 Å². The number of benzene rings is 1. The van der Waals surface area contributed by atoms with Crippen LogP contribution in [0, 0.1) is 6.92 Å². The summed E-state index contributed by atoms with van der Waals surface area (Å²) in [6, 6.07) is 6.61. The Bertz CT molecular complexity index is 593. The summed E-state index contributed by atoms with van der Waals surface area (Å²) in [6.45, 7) is 2.98.